The number of halogens is 2. The molecule has 1 amide bonds. The highest BCUT2D eigenvalue weighted by Gasteiger charge is 2.16. The number of aromatic nitrogens is 3. The van der Waals surface area contributed by atoms with Gasteiger partial charge < -0.3 is 21.7 Å². The Morgan fingerprint density at radius 2 is 1.51 bits per heavy atom. The Morgan fingerprint density at radius 3 is 2.20 bits per heavy atom. The van der Waals surface area contributed by atoms with Crippen molar-refractivity contribution < 1.29 is 13.6 Å². The van der Waals surface area contributed by atoms with Crippen LogP contribution in [0.15, 0.2) is 72.8 Å². The van der Waals surface area contributed by atoms with E-state index in [0.29, 0.717) is 41.7 Å². The Kier molecular flexibility index (Phi) is 10.6. The molecule has 4 aromatic rings. The molecular formula is C32H35F2N9OS. The molecule has 0 spiro atoms. The number of benzene rings is 3. The van der Waals surface area contributed by atoms with Crippen LogP contribution in [0.25, 0.3) is 0 Å². The number of hydrazine groups is 1. The summed E-state index contributed by atoms with van der Waals surface area (Å²) >= 11 is 5.04. The van der Waals surface area contributed by atoms with Crippen LogP contribution in [0.1, 0.15) is 43.2 Å². The number of carbonyl (C=O) groups excluding carboxylic acids is 1. The molecule has 0 saturated heterocycles. The lowest BCUT2D eigenvalue weighted by molar-refractivity contribution is -0.120. The summed E-state index contributed by atoms with van der Waals surface area (Å²) in [6.45, 7) is 1.19. The fourth-order valence-electron chi connectivity index (χ4n) is 5.05. The molecule has 10 nitrogen and oxygen atoms in total. The van der Waals surface area contributed by atoms with E-state index in [1.165, 1.54) is 67.4 Å². The number of thiocarbonyl (C=S) groups is 1. The molecule has 1 aliphatic rings. The van der Waals surface area contributed by atoms with Crippen molar-refractivity contribution >= 4 is 52.5 Å². The number of hydrogen-bond donors (Lipinski definition) is 5. The van der Waals surface area contributed by atoms with Gasteiger partial charge in [-0.15, -0.1) is 0 Å². The Bertz CT molecular complexity index is 1600. The monoisotopic (exact) mass is 631 g/mol. The standard InChI is InChI=1S/C32H35F2N9OS/c33-24-13-9-23(10-14-24)20-37-31-39-30(36-19-22-5-2-1-3-6-22)40-32(41-31)38-26-15-11-21(12-16-26)17-28(44)42-43(29(35)45)27-8-4-7-25(34)18-27/h4,7-16,18,22H,1-3,5-6,17,19-20H2,(H2,35,45)(H,42,44)(H3,36,37,38,39,40,41). The second-order valence-electron chi connectivity index (χ2n) is 10.9. The van der Waals surface area contributed by atoms with Crippen molar-refractivity contribution in [2.45, 2.75) is 45.1 Å². The van der Waals surface area contributed by atoms with Gasteiger partial charge in [0.1, 0.15) is 11.6 Å². The van der Waals surface area contributed by atoms with Crippen LogP contribution in [0, 0.1) is 17.6 Å². The molecule has 1 fully saturated rings. The highest BCUT2D eigenvalue weighted by atomic mass is 32.1. The first-order valence-corrected chi connectivity index (χ1v) is 15.2. The largest absolute Gasteiger partial charge is 0.374 e. The van der Waals surface area contributed by atoms with Crippen LogP contribution in [0.3, 0.4) is 0 Å². The second-order valence-corrected chi connectivity index (χ2v) is 11.3. The van der Waals surface area contributed by atoms with Gasteiger partial charge >= 0.3 is 0 Å². The number of hydrogen-bond acceptors (Lipinski definition) is 8. The minimum atomic E-state index is -0.479. The Balaban J connectivity index is 1.24. The van der Waals surface area contributed by atoms with Gasteiger partial charge in [-0.05, 0) is 84.6 Å². The van der Waals surface area contributed by atoms with Gasteiger partial charge in [-0.1, -0.05) is 49.6 Å². The lowest BCUT2D eigenvalue weighted by Crippen LogP contribution is -2.49. The molecule has 5 rings (SSSR count). The number of nitrogens with two attached hydrogens (primary N) is 1. The molecule has 1 heterocycles. The lowest BCUT2D eigenvalue weighted by atomic mass is 9.89. The molecule has 234 valence electrons. The fraction of sp³-hybridized carbons (Fsp3) is 0.281. The minimum Gasteiger partial charge on any atom is -0.374 e. The van der Waals surface area contributed by atoms with E-state index in [0.717, 1.165) is 17.7 Å². The number of nitrogens with zero attached hydrogens (tertiary/aromatic N) is 4. The minimum absolute atomic E-state index is 0.0349. The van der Waals surface area contributed by atoms with Gasteiger partial charge in [0.25, 0.3) is 0 Å². The summed E-state index contributed by atoms with van der Waals surface area (Å²) in [5.41, 5.74) is 11.0. The maximum absolute atomic E-state index is 13.7. The highest BCUT2D eigenvalue weighted by molar-refractivity contribution is 7.80. The van der Waals surface area contributed by atoms with Gasteiger partial charge in [0.15, 0.2) is 5.11 Å². The quantitative estimate of drug-likeness (QED) is 0.102. The van der Waals surface area contributed by atoms with E-state index in [1.807, 2.05) is 12.1 Å². The summed E-state index contributed by atoms with van der Waals surface area (Å²) in [5.74, 6) is 0.587. The van der Waals surface area contributed by atoms with Crippen molar-refractivity contribution in [3.05, 3.63) is 95.6 Å². The van der Waals surface area contributed by atoms with Crippen molar-refractivity contribution in [3.8, 4) is 0 Å². The maximum Gasteiger partial charge on any atom is 0.243 e. The Labute approximate surface area is 265 Å². The third kappa shape index (κ3) is 9.54. The lowest BCUT2D eigenvalue weighted by Gasteiger charge is -2.23. The fourth-order valence-corrected chi connectivity index (χ4v) is 5.20. The second kappa shape index (κ2) is 15.2. The van der Waals surface area contributed by atoms with E-state index in [4.69, 9.17) is 18.0 Å². The van der Waals surface area contributed by atoms with Crippen LogP contribution in [-0.2, 0) is 17.8 Å². The third-order valence-electron chi connectivity index (χ3n) is 7.37. The average molecular weight is 632 g/mol. The van der Waals surface area contributed by atoms with Gasteiger partial charge in [-0.25, -0.2) is 13.8 Å². The van der Waals surface area contributed by atoms with Crippen LogP contribution < -0.4 is 32.1 Å². The summed E-state index contributed by atoms with van der Waals surface area (Å²) in [6, 6.07) is 19.1. The van der Waals surface area contributed by atoms with Crippen LogP contribution in [-0.4, -0.2) is 32.5 Å². The highest BCUT2D eigenvalue weighted by Crippen LogP contribution is 2.24. The molecule has 0 unspecified atom stereocenters. The van der Waals surface area contributed by atoms with Crippen LogP contribution in [0.2, 0.25) is 0 Å². The van der Waals surface area contributed by atoms with Gasteiger partial charge in [-0.3, -0.25) is 10.2 Å². The first-order valence-electron chi connectivity index (χ1n) is 14.8. The van der Waals surface area contributed by atoms with E-state index in [-0.39, 0.29) is 23.3 Å². The van der Waals surface area contributed by atoms with Crippen LogP contribution in [0.5, 0.6) is 0 Å². The Hall–Kier alpha value is -4.91. The smallest absolute Gasteiger partial charge is 0.243 e. The number of carbonyl (C=O) groups is 1. The first kappa shape index (κ1) is 31.5. The summed E-state index contributed by atoms with van der Waals surface area (Å²) in [7, 11) is 0. The third-order valence-corrected chi connectivity index (χ3v) is 7.55. The van der Waals surface area contributed by atoms with Gasteiger partial charge in [-0.2, -0.15) is 15.0 Å². The predicted molar refractivity (Wildman–Crippen MR) is 176 cm³/mol. The molecule has 0 radical (unpaired) electrons. The van der Waals surface area contributed by atoms with Crippen molar-refractivity contribution in [1.82, 2.24) is 20.4 Å². The molecule has 13 heteroatoms. The van der Waals surface area contributed by atoms with Crippen molar-refractivity contribution in [1.29, 1.82) is 0 Å². The van der Waals surface area contributed by atoms with E-state index in [1.54, 1.807) is 30.3 Å². The summed E-state index contributed by atoms with van der Waals surface area (Å²) in [6.07, 6.45) is 6.17. The number of amides is 1. The molecule has 1 saturated carbocycles. The normalized spacial score (nSPS) is 13.1. The summed E-state index contributed by atoms with van der Waals surface area (Å²) < 4.78 is 27.0. The van der Waals surface area contributed by atoms with Gasteiger partial charge in [0, 0.05) is 18.8 Å². The zero-order chi connectivity index (χ0) is 31.6. The molecule has 1 aliphatic carbocycles. The van der Waals surface area contributed by atoms with E-state index in [9.17, 15) is 13.6 Å². The van der Waals surface area contributed by atoms with Crippen molar-refractivity contribution in [2.75, 3.05) is 27.5 Å². The Morgan fingerprint density at radius 1 is 0.844 bits per heavy atom. The SMILES string of the molecule is NC(=S)N(NC(=O)Cc1ccc(Nc2nc(NCc3ccc(F)cc3)nc(NCC3CCCCC3)n2)cc1)c1cccc(F)c1. The van der Waals surface area contributed by atoms with E-state index >= 15 is 0 Å². The average Bonchev–Trinajstić information content (AvgIpc) is 3.04. The number of nitrogens with one attached hydrogen (secondary N) is 4. The van der Waals surface area contributed by atoms with Crippen molar-refractivity contribution in [2.24, 2.45) is 11.7 Å². The van der Waals surface area contributed by atoms with Gasteiger partial charge in [0.05, 0.1) is 12.1 Å². The zero-order valence-corrected chi connectivity index (χ0v) is 25.4. The summed E-state index contributed by atoms with van der Waals surface area (Å²) in [4.78, 5) is 26.4. The zero-order valence-electron chi connectivity index (χ0n) is 24.6. The molecule has 3 aromatic carbocycles. The molecule has 0 bridgehead atoms. The molecule has 6 N–H and O–H groups in total. The molecule has 45 heavy (non-hydrogen) atoms. The first-order chi connectivity index (χ1) is 21.8. The van der Waals surface area contributed by atoms with Gasteiger partial charge in [0.2, 0.25) is 23.8 Å². The van der Waals surface area contributed by atoms with Crippen molar-refractivity contribution in [3.63, 3.8) is 0 Å². The van der Waals surface area contributed by atoms with E-state index < -0.39 is 5.82 Å². The number of rotatable bonds is 11. The molecule has 0 atom stereocenters. The van der Waals surface area contributed by atoms with Crippen LogP contribution in [0.4, 0.5) is 38.0 Å². The molecule has 0 aliphatic heterocycles. The molecule has 1 aromatic heterocycles. The molecular weight excluding hydrogens is 596 g/mol. The summed E-state index contributed by atoms with van der Waals surface area (Å²) in [5, 5.41) is 10.8. The van der Waals surface area contributed by atoms with E-state index in [2.05, 4.69) is 36.3 Å². The topological polar surface area (TPSA) is 133 Å². The van der Waals surface area contributed by atoms with Crippen LogP contribution >= 0.6 is 12.2 Å². The predicted octanol–water partition coefficient (Wildman–Crippen LogP) is 5.82. The maximum atomic E-state index is 13.7. The number of anilines is 5.